The van der Waals surface area contributed by atoms with Gasteiger partial charge in [0.05, 0.1) is 37.4 Å². The zero-order valence-corrected chi connectivity index (χ0v) is 59.0. The molecule has 7 aromatic carbocycles. The molecule has 31 heteroatoms. The molecule has 1 aliphatic rings. The smallest absolute Gasteiger partial charge is 1.00 e. The molecule has 1 unspecified atom stereocenters. The fourth-order valence-electron chi connectivity index (χ4n) is 9.81. The number of hydrogen-bond donors (Lipinski definition) is 6. The number of fused-ring (bicyclic) bond motifs is 2. The van der Waals surface area contributed by atoms with Crippen LogP contribution in [0.5, 0.6) is 0 Å². The van der Waals surface area contributed by atoms with E-state index in [0.717, 1.165) is 65.5 Å². The van der Waals surface area contributed by atoms with E-state index in [4.69, 9.17) is 56.0 Å². The summed E-state index contributed by atoms with van der Waals surface area (Å²) in [6.07, 6.45) is 4.26. The van der Waals surface area contributed by atoms with Crippen molar-refractivity contribution in [3.05, 3.63) is 246 Å². The van der Waals surface area contributed by atoms with Crippen LogP contribution in [0.25, 0.3) is 53.7 Å². The Morgan fingerprint density at radius 1 is 0.598 bits per heavy atom. The molecule has 0 aliphatic carbocycles. The molecular weight excluding hydrogens is 1390 g/mol. The van der Waals surface area contributed by atoms with Gasteiger partial charge in [-0.25, -0.2) is 50.4 Å². The second kappa shape index (κ2) is 41.6. The van der Waals surface area contributed by atoms with Crippen LogP contribution < -0.4 is 59.1 Å². The zero-order valence-electron chi connectivity index (χ0n) is 56.5. The molecule has 7 N–H and O–H groups in total. The number of halogens is 8. The average molecular weight is 1450 g/mol. The van der Waals surface area contributed by atoms with Crippen LogP contribution in [0.1, 0.15) is 110 Å². The summed E-state index contributed by atoms with van der Waals surface area (Å²) in [6, 6.07) is 25.3. The first-order valence-corrected chi connectivity index (χ1v) is 29.9. The Morgan fingerprint density at radius 3 is 1.28 bits per heavy atom. The van der Waals surface area contributed by atoms with Crippen LogP contribution in [-0.4, -0.2) is 125 Å². The van der Waals surface area contributed by atoms with Crippen LogP contribution >= 0.6 is 23.2 Å². The van der Waals surface area contributed by atoms with Crippen molar-refractivity contribution in [2.24, 2.45) is 0 Å². The third kappa shape index (κ3) is 22.6. The second-order valence-corrected chi connectivity index (χ2v) is 21.9. The summed E-state index contributed by atoms with van der Waals surface area (Å²) in [4.78, 5) is 98.4. The largest absolute Gasteiger partial charge is 1.00 e. The number of pyridine rings is 2. The van der Waals surface area contributed by atoms with Gasteiger partial charge >= 0.3 is 66.3 Å². The summed E-state index contributed by atoms with van der Waals surface area (Å²) in [6.45, 7) is 19.9. The molecule has 1 saturated heterocycles. The number of carbonyl (C=O) groups excluding carboxylic acids is 5. The number of nitrogens with zero attached hydrogens (tertiary/aromatic N) is 4. The number of aromatic carboxylic acids is 1. The summed E-state index contributed by atoms with van der Waals surface area (Å²) < 4.78 is 93.8. The summed E-state index contributed by atoms with van der Waals surface area (Å²) in [5.41, 5.74) is 2.18. The molecule has 9 aromatic rings. The summed E-state index contributed by atoms with van der Waals surface area (Å²) in [5.74, 6) is -14.9. The van der Waals surface area contributed by atoms with Crippen LogP contribution in [-0.2, 0) is 31.9 Å². The molecular formula is C71H60BCl2F6LiN6NaO14. The van der Waals surface area contributed by atoms with Crippen LogP contribution in [0.15, 0.2) is 134 Å². The van der Waals surface area contributed by atoms with Crippen LogP contribution in [0.4, 0.5) is 37.7 Å². The van der Waals surface area contributed by atoms with Crippen molar-refractivity contribution in [1.29, 1.82) is 0 Å². The van der Waals surface area contributed by atoms with Gasteiger partial charge in [-0.15, -0.1) is 0 Å². The molecule has 2 aromatic heterocycles. The third-order valence-electron chi connectivity index (χ3n) is 14.6. The van der Waals surface area contributed by atoms with Crippen molar-refractivity contribution in [2.45, 2.75) is 64.6 Å². The molecule has 2 amide bonds. The average Bonchev–Trinajstić information content (AvgIpc) is 0.942. The van der Waals surface area contributed by atoms with E-state index >= 15 is 0 Å². The van der Waals surface area contributed by atoms with E-state index in [9.17, 15) is 70.1 Å². The Hall–Kier alpha value is -9.31. The van der Waals surface area contributed by atoms with Crippen molar-refractivity contribution >= 4 is 106 Å². The number of Topliss-reactive ketones (excluding diaryl/α,β-unsaturated/α-hetero) is 2. The van der Waals surface area contributed by atoms with Crippen LogP contribution in [0, 0.1) is 48.0 Å². The maximum Gasteiger partial charge on any atom is 1.00 e. The first-order chi connectivity index (χ1) is 46.7. The zero-order chi connectivity index (χ0) is 72.2. The Bertz CT molecular complexity index is 4600. The Balaban J connectivity index is 0.000000775. The first kappa shape index (κ1) is 88.8. The topological polar surface area (TPSA) is 307 Å². The number of ketones is 2. The molecule has 0 bridgehead atoms. The van der Waals surface area contributed by atoms with Gasteiger partial charge < -0.3 is 47.4 Å². The number of esters is 1. The molecule has 3 heterocycles. The number of methoxy groups -OCH3 is 1. The van der Waals surface area contributed by atoms with E-state index in [1.807, 2.05) is 0 Å². The minimum atomic E-state index is -1.70. The van der Waals surface area contributed by atoms with E-state index in [1.165, 1.54) is 25.8 Å². The van der Waals surface area contributed by atoms with Gasteiger partial charge in [0.25, 0.3) is 11.8 Å². The number of ether oxygens (including phenoxy) is 2. The summed E-state index contributed by atoms with van der Waals surface area (Å²) in [7, 11) is 2.13. The third-order valence-corrected chi connectivity index (χ3v) is 15.3. The molecule has 3 radical (unpaired) electrons. The maximum atomic E-state index is 14.6. The Kier molecular flexibility index (Phi) is 36.2. The Morgan fingerprint density at radius 2 is 0.961 bits per heavy atom. The molecule has 0 spiro atoms. The van der Waals surface area contributed by atoms with E-state index in [0.29, 0.717) is 88.7 Å². The van der Waals surface area contributed by atoms with Crippen molar-refractivity contribution in [3.8, 4) is 22.3 Å². The van der Waals surface area contributed by atoms with Gasteiger partial charge in [0, 0.05) is 97.0 Å². The SMILES string of the molecule is C1CCOC1.CC(=O)c1cc(F)c(C(=O)O)c(F)c1.CO.[B].[C-]#[N+]c1ccc(-c2ccc(C[C@H](NC(=O)c3c(F)cc(C(C)=O)cc3F)C(=O)OC)c3cccnc23)c(Cl)c1.[C-]#[N+]c1ccc(-c2ccc(C[C@H](NC(=O)c3c(F)cc(C(C)O)cc3F)C(=O)O)c3cccnc23)c(Cl)c1.[H-].[Li+].[Na+].[OH-]. The van der Waals surface area contributed by atoms with Crippen molar-refractivity contribution in [1.82, 2.24) is 20.6 Å². The predicted octanol–water partition coefficient (Wildman–Crippen LogP) is 7.80. The number of nitrogens with one attached hydrogen (secondary N) is 2. The van der Waals surface area contributed by atoms with E-state index in [1.54, 1.807) is 91.3 Å². The fraction of sp³-hybridized carbons (Fsp3) is 0.197. The number of aliphatic carboxylic acids is 1. The summed E-state index contributed by atoms with van der Waals surface area (Å²) >= 11 is 12.8. The number of rotatable bonds is 16. The van der Waals surface area contributed by atoms with Gasteiger partial charge in [0.2, 0.25) is 0 Å². The number of carboxylic acids is 2. The first-order valence-electron chi connectivity index (χ1n) is 29.1. The number of carbonyl (C=O) groups is 7. The maximum absolute atomic E-state index is 14.6. The van der Waals surface area contributed by atoms with Gasteiger partial charge in [-0.1, -0.05) is 83.9 Å². The van der Waals surface area contributed by atoms with Gasteiger partial charge in [-0.3, -0.25) is 29.1 Å². The van der Waals surface area contributed by atoms with Gasteiger partial charge in [-0.05, 0) is 122 Å². The number of benzene rings is 7. The molecule has 0 saturated carbocycles. The molecule has 102 heavy (non-hydrogen) atoms. The number of aliphatic hydroxyl groups is 2. The number of amides is 2. The monoisotopic (exact) mass is 1450 g/mol. The van der Waals surface area contributed by atoms with E-state index in [2.05, 4.69) is 30.3 Å². The number of aromatic nitrogens is 2. The fourth-order valence-corrected chi connectivity index (χ4v) is 10.4. The van der Waals surface area contributed by atoms with Crippen LogP contribution in [0.3, 0.4) is 0 Å². The van der Waals surface area contributed by atoms with Crippen molar-refractivity contribution < 1.29 is 145 Å². The molecule has 519 valence electrons. The van der Waals surface area contributed by atoms with E-state index in [-0.39, 0.29) is 93.3 Å². The van der Waals surface area contributed by atoms with Gasteiger partial charge in [-0.2, -0.15) is 0 Å². The molecule has 20 nitrogen and oxygen atoms in total. The van der Waals surface area contributed by atoms with Gasteiger partial charge in [0.1, 0.15) is 63.7 Å². The molecule has 10 rings (SSSR count). The number of hydrogen-bond acceptors (Lipinski definition) is 14. The van der Waals surface area contributed by atoms with Crippen molar-refractivity contribution in [2.75, 3.05) is 27.4 Å². The normalized spacial score (nSPS) is 11.7. The van der Waals surface area contributed by atoms with Gasteiger partial charge in [0.15, 0.2) is 22.9 Å². The Labute approximate surface area is 627 Å². The summed E-state index contributed by atoms with van der Waals surface area (Å²) in [5, 5.41) is 41.2. The van der Waals surface area contributed by atoms with E-state index < -0.39 is 111 Å². The molecule has 3 atom stereocenters. The van der Waals surface area contributed by atoms with Crippen molar-refractivity contribution in [3.63, 3.8) is 0 Å². The second-order valence-electron chi connectivity index (χ2n) is 21.1. The van der Waals surface area contributed by atoms with Crippen LogP contribution in [0.2, 0.25) is 10.0 Å². The standard InChI is InChI=1S/C29H20ClF2N3O4.C28H20ClF2N3O4.C9H6F2O3.C4H8O.CH4O.B.Li.Na.H2O.H/c1-15(36)17-11-23(31)26(24(32)12-17)28(37)35-25(29(38)39-3)13-16-6-8-21(27-19(16)5-4-10-34-27)20-9-7-18(33-2)14-22(20)30;1-14(35)16-10-22(30)25(23(31)11-16)27(36)34-24(28(37)38)12-15-5-7-20(26-18(15)4-3-9-33-26)19-8-6-17(32-2)13-21(19)29;1-4(12)5-2-6(10)8(9(13)14)7(11)3-5;1-2-4-5-3-1;1-2;;;;;/h4-12,14,25H,13H2,1,3H3,(H,35,37);3-11,13-14,24,35H,12H2,1H3,(H,34,36)(H,37,38);2-3H,1H3,(H,13,14);1-4H2;2H,1H3;;;;1H2;/q;;;;;;2*+1;;-1/p-1/t25-;14?,24-;;;;;;;;/m00......../s1. The minimum absolute atomic E-state index is 0. The predicted molar refractivity (Wildman–Crippen MR) is 360 cm³/mol. The molecule has 1 fully saturated rings. The number of aliphatic hydroxyl groups excluding tert-OH is 2. The minimum Gasteiger partial charge on any atom is -1.00 e. The quantitative estimate of drug-likeness (QED) is 0.0177. The molecule has 1 aliphatic heterocycles. The number of carboxylic acid groups (broad SMARTS) is 2.